The van der Waals surface area contributed by atoms with Gasteiger partial charge in [0.2, 0.25) is 5.91 Å². The number of benzene rings is 2. The van der Waals surface area contributed by atoms with E-state index in [0.29, 0.717) is 73.7 Å². The average Bonchev–Trinajstić information content (AvgIpc) is 2.75. The number of hydrogen-bond acceptors (Lipinski definition) is 5. The molecule has 2 aromatic carbocycles. The van der Waals surface area contributed by atoms with Crippen molar-refractivity contribution in [2.45, 2.75) is 12.7 Å². The van der Waals surface area contributed by atoms with Crippen molar-refractivity contribution in [1.82, 2.24) is 9.80 Å². The van der Waals surface area contributed by atoms with Gasteiger partial charge >= 0.3 is 6.18 Å². The molecule has 0 aromatic heterocycles. The summed E-state index contributed by atoms with van der Waals surface area (Å²) in [6, 6.07) is 8.68. The van der Waals surface area contributed by atoms with E-state index in [1.807, 2.05) is 4.90 Å². The number of nitrogens with zero attached hydrogens (tertiary/aromatic N) is 2. The van der Waals surface area contributed by atoms with Gasteiger partial charge in [-0.05, 0) is 11.6 Å². The first kappa shape index (κ1) is 22.7. The van der Waals surface area contributed by atoms with Crippen molar-refractivity contribution in [3.8, 4) is 11.5 Å². The smallest absolute Gasteiger partial charge is 0.416 e. The van der Waals surface area contributed by atoms with Crippen LogP contribution in [0.25, 0.3) is 0 Å². The number of fused-ring (bicyclic) bond motifs is 1. The monoisotopic (exact) mass is 469 g/mol. The van der Waals surface area contributed by atoms with E-state index >= 15 is 0 Å². The molecule has 0 atom stereocenters. The van der Waals surface area contributed by atoms with Crippen molar-refractivity contribution in [1.29, 1.82) is 0 Å². The maximum Gasteiger partial charge on any atom is 0.416 e. The Bertz CT molecular complexity index is 979. The minimum Gasteiger partial charge on any atom is -0.486 e. The number of ether oxygens (including phenoxy) is 2. The predicted molar refractivity (Wildman–Crippen MR) is 114 cm³/mol. The van der Waals surface area contributed by atoms with Crippen LogP contribution >= 0.6 is 11.6 Å². The molecule has 4 rings (SSSR count). The van der Waals surface area contributed by atoms with Crippen molar-refractivity contribution in [3.05, 3.63) is 52.5 Å². The van der Waals surface area contributed by atoms with E-state index in [4.69, 9.17) is 21.1 Å². The van der Waals surface area contributed by atoms with E-state index in [1.54, 1.807) is 18.2 Å². The van der Waals surface area contributed by atoms with Crippen molar-refractivity contribution >= 4 is 23.2 Å². The lowest BCUT2D eigenvalue weighted by Crippen LogP contribution is -2.48. The molecule has 2 aliphatic rings. The number of amides is 1. The van der Waals surface area contributed by atoms with Crippen LogP contribution in [0.15, 0.2) is 36.4 Å². The first-order chi connectivity index (χ1) is 15.3. The highest BCUT2D eigenvalue weighted by molar-refractivity contribution is 6.34. The van der Waals surface area contributed by atoms with Gasteiger partial charge in [0, 0.05) is 44.9 Å². The van der Waals surface area contributed by atoms with Gasteiger partial charge in [-0.15, -0.1) is 0 Å². The molecule has 2 heterocycles. The summed E-state index contributed by atoms with van der Waals surface area (Å²) in [6.45, 7) is 4.13. The topological polar surface area (TPSA) is 54.0 Å². The van der Waals surface area contributed by atoms with Gasteiger partial charge in [-0.2, -0.15) is 13.2 Å². The largest absolute Gasteiger partial charge is 0.486 e. The molecule has 0 spiro atoms. The van der Waals surface area contributed by atoms with Crippen LogP contribution < -0.4 is 14.8 Å². The zero-order chi connectivity index (χ0) is 22.7. The summed E-state index contributed by atoms with van der Waals surface area (Å²) < 4.78 is 49.7. The Kier molecular flexibility index (Phi) is 6.78. The van der Waals surface area contributed by atoms with E-state index < -0.39 is 11.7 Å². The third kappa shape index (κ3) is 5.65. The zero-order valence-electron chi connectivity index (χ0n) is 17.3. The second-order valence-corrected chi connectivity index (χ2v) is 8.18. The zero-order valence-corrected chi connectivity index (χ0v) is 18.0. The Morgan fingerprint density at radius 1 is 1.00 bits per heavy atom. The number of carbonyl (C=O) groups excluding carboxylic acids is 1. The van der Waals surface area contributed by atoms with Crippen LogP contribution in [0.3, 0.4) is 0 Å². The summed E-state index contributed by atoms with van der Waals surface area (Å²) in [4.78, 5) is 16.6. The Labute approximate surface area is 188 Å². The number of hydrogen-bond donors (Lipinski definition) is 1. The van der Waals surface area contributed by atoms with E-state index in [2.05, 4.69) is 10.2 Å². The molecule has 1 N–H and O–H groups in total. The number of halogens is 4. The fourth-order valence-corrected chi connectivity index (χ4v) is 3.96. The van der Waals surface area contributed by atoms with Crippen molar-refractivity contribution in [2.24, 2.45) is 0 Å². The maximum atomic E-state index is 12.9. The molecule has 0 aliphatic carbocycles. The number of rotatable bonds is 5. The molecule has 172 valence electrons. The number of alkyl halides is 3. The summed E-state index contributed by atoms with van der Waals surface area (Å²) in [5, 5.41) is 3.18. The molecule has 1 saturated heterocycles. The number of carbonyl (C=O) groups is 1. The van der Waals surface area contributed by atoms with Gasteiger partial charge in [0.05, 0.1) is 22.8 Å². The molecular weight excluding hydrogens is 447 g/mol. The highest BCUT2D eigenvalue weighted by atomic mass is 35.5. The Morgan fingerprint density at radius 3 is 2.34 bits per heavy atom. The normalized spacial score (nSPS) is 17.2. The van der Waals surface area contributed by atoms with Crippen molar-refractivity contribution < 1.29 is 27.4 Å². The molecule has 0 bridgehead atoms. The summed E-state index contributed by atoms with van der Waals surface area (Å²) in [5.74, 6) is 0.894. The minimum absolute atomic E-state index is 0.197. The Balaban J connectivity index is 1.27. The summed E-state index contributed by atoms with van der Waals surface area (Å²) in [5.41, 5.74) is 0.450. The SMILES string of the molecule is O=C(CN1CCN(Cc2cccc(C(F)(F)F)c2)CC1)Nc1cc2c(cc1Cl)OCCO2. The van der Waals surface area contributed by atoms with E-state index in [0.717, 1.165) is 6.07 Å². The summed E-state index contributed by atoms with van der Waals surface area (Å²) in [7, 11) is 0. The standard InChI is InChI=1S/C22H23ClF3N3O3/c23-17-11-19-20(32-9-8-31-19)12-18(17)27-21(30)14-29-6-4-28(5-7-29)13-15-2-1-3-16(10-15)22(24,25)26/h1-3,10-12H,4-9,13-14H2,(H,27,30). The van der Waals surface area contributed by atoms with E-state index in [1.165, 1.54) is 12.1 Å². The summed E-state index contributed by atoms with van der Waals surface area (Å²) >= 11 is 6.24. The van der Waals surface area contributed by atoms with Crippen LogP contribution in [0.5, 0.6) is 11.5 Å². The first-order valence-corrected chi connectivity index (χ1v) is 10.7. The molecule has 10 heteroatoms. The molecule has 0 saturated carbocycles. The van der Waals surface area contributed by atoms with Crippen molar-refractivity contribution in [2.75, 3.05) is 51.3 Å². The fourth-order valence-electron chi connectivity index (χ4n) is 3.76. The molecular formula is C22H23ClF3N3O3. The van der Waals surface area contributed by atoms with E-state index in [9.17, 15) is 18.0 Å². The van der Waals surface area contributed by atoms with E-state index in [-0.39, 0.29) is 12.5 Å². The van der Waals surface area contributed by atoms with Crippen LogP contribution in [-0.2, 0) is 17.5 Å². The highest BCUT2D eigenvalue weighted by Gasteiger charge is 2.30. The molecule has 6 nitrogen and oxygen atoms in total. The molecule has 32 heavy (non-hydrogen) atoms. The summed E-state index contributed by atoms with van der Waals surface area (Å²) in [6.07, 6.45) is -4.35. The molecule has 1 amide bonds. The molecule has 1 fully saturated rings. The third-order valence-corrected chi connectivity index (χ3v) is 5.71. The van der Waals surface area contributed by atoms with Crippen LogP contribution in [0, 0.1) is 0 Å². The quantitative estimate of drug-likeness (QED) is 0.720. The number of piperazine rings is 1. The molecule has 0 unspecified atom stereocenters. The van der Waals surface area contributed by atoms with Gasteiger partial charge in [-0.1, -0.05) is 29.8 Å². The fraction of sp³-hybridized carbons (Fsp3) is 0.409. The number of nitrogens with one attached hydrogen (secondary N) is 1. The first-order valence-electron chi connectivity index (χ1n) is 10.3. The third-order valence-electron chi connectivity index (χ3n) is 5.40. The number of anilines is 1. The van der Waals surface area contributed by atoms with Gasteiger partial charge in [0.1, 0.15) is 13.2 Å². The second-order valence-electron chi connectivity index (χ2n) is 7.77. The predicted octanol–water partition coefficient (Wildman–Crippen LogP) is 3.89. The van der Waals surface area contributed by atoms with Gasteiger partial charge < -0.3 is 14.8 Å². The van der Waals surface area contributed by atoms with Gasteiger partial charge in [0.25, 0.3) is 0 Å². The molecule has 2 aliphatic heterocycles. The van der Waals surface area contributed by atoms with Crippen LogP contribution in [0.4, 0.5) is 18.9 Å². The van der Waals surface area contributed by atoms with Gasteiger partial charge in [0.15, 0.2) is 11.5 Å². The van der Waals surface area contributed by atoms with Gasteiger partial charge in [-0.25, -0.2) is 0 Å². The molecule has 2 aromatic rings. The minimum atomic E-state index is -4.35. The van der Waals surface area contributed by atoms with Crippen molar-refractivity contribution in [3.63, 3.8) is 0 Å². The second kappa shape index (κ2) is 9.56. The average molecular weight is 470 g/mol. The van der Waals surface area contributed by atoms with Crippen LogP contribution in [0.2, 0.25) is 5.02 Å². The maximum absolute atomic E-state index is 12.9. The lowest BCUT2D eigenvalue weighted by Gasteiger charge is -2.34. The Hall–Kier alpha value is -2.49. The Morgan fingerprint density at radius 2 is 1.66 bits per heavy atom. The molecule has 0 radical (unpaired) electrons. The van der Waals surface area contributed by atoms with Crippen LogP contribution in [-0.4, -0.2) is 61.6 Å². The van der Waals surface area contributed by atoms with Gasteiger partial charge in [-0.3, -0.25) is 14.6 Å². The highest BCUT2D eigenvalue weighted by Crippen LogP contribution is 2.38. The lowest BCUT2D eigenvalue weighted by atomic mass is 10.1. The van der Waals surface area contributed by atoms with Crippen LogP contribution in [0.1, 0.15) is 11.1 Å². The lowest BCUT2D eigenvalue weighted by molar-refractivity contribution is -0.137.